The van der Waals surface area contributed by atoms with E-state index in [1.165, 1.54) is 77.0 Å². The van der Waals surface area contributed by atoms with Crippen LogP contribution in [0.5, 0.6) is 0 Å². The third kappa shape index (κ3) is 5.60. The van der Waals surface area contributed by atoms with Crippen LogP contribution in [0.4, 0.5) is 0 Å². The van der Waals surface area contributed by atoms with Gasteiger partial charge in [0.05, 0.1) is 0 Å². The van der Waals surface area contributed by atoms with Crippen LogP contribution in [-0.4, -0.2) is 0 Å². The first-order chi connectivity index (χ1) is 12.3. The van der Waals surface area contributed by atoms with Crippen LogP contribution in [0, 0.1) is 23.7 Å². The predicted molar refractivity (Wildman–Crippen MR) is 110 cm³/mol. The molecule has 2 aliphatic carbocycles. The van der Waals surface area contributed by atoms with E-state index in [9.17, 15) is 0 Å². The van der Waals surface area contributed by atoms with Gasteiger partial charge in [0, 0.05) is 0 Å². The van der Waals surface area contributed by atoms with E-state index in [4.69, 9.17) is 0 Å². The van der Waals surface area contributed by atoms with Gasteiger partial charge in [-0.15, -0.1) is 0 Å². The van der Waals surface area contributed by atoms with Crippen molar-refractivity contribution in [3.8, 4) is 0 Å². The highest BCUT2D eigenvalue weighted by Crippen LogP contribution is 2.42. The zero-order chi connectivity index (χ0) is 17.5. The summed E-state index contributed by atoms with van der Waals surface area (Å²) in [5.41, 5.74) is 1.58. The van der Waals surface area contributed by atoms with Crippen LogP contribution in [0.1, 0.15) is 102 Å². The van der Waals surface area contributed by atoms with Gasteiger partial charge in [-0.2, -0.15) is 0 Å². The van der Waals surface area contributed by atoms with Gasteiger partial charge in [0.25, 0.3) is 0 Å². The first kappa shape index (κ1) is 19.0. The minimum Gasteiger partial charge on any atom is -0.0654 e. The zero-order valence-electron chi connectivity index (χ0n) is 16.8. The molecule has 0 saturated heterocycles. The lowest BCUT2D eigenvalue weighted by molar-refractivity contribution is 0.169. The van der Waals surface area contributed by atoms with Crippen molar-refractivity contribution in [1.29, 1.82) is 0 Å². The van der Waals surface area contributed by atoms with Crippen LogP contribution in [0.15, 0.2) is 30.3 Å². The fraction of sp³-hybridized carbons (Fsp3) is 0.760. The molecule has 25 heavy (non-hydrogen) atoms. The molecule has 2 fully saturated rings. The van der Waals surface area contributed by atoms with Crippen molar-refractivity contribution in [2.75, 3.05) is 0 Å². The topological polar surface area (TPSA) is 0 Å². The monoisotopic (exact) mass is 340 g/mol. The van der Waals surface area contributed by atoms with E-state index in [0.29, 0.717) is 0 Å². The smallest absolute Gasteiger partial charge is 0.0162 e. The molecule has 0 spiro atoms. The van der Waals surface area contributed by atoms with E-state index in [0.717, 1.165) is 29.6 Å². The van der Waals surface area contributed by atoms with Crippen LogP contribution < -0.4 is 0 Å². The van der Waals surface area contributed by atoms with Crippen molar-refractivity contribution < 1.29 is 0 Å². The maximum Gasteiger partial charge on any atom is -0.0162 e. The zero-order valence-corrected chi connectivity index (χ0v) is 16.8. The summed E-state index contributed by atoms with van der Waals surface area (Å²) < 4.78 is 0. The highest BCUT2D eigenvalue weighted by molar-refractivity contribution is 5.19. The van der Waals surface area contributed by atoms with Crippen LogP contribution in [0.3, 0.4) is 0 Å². The summed E-state index contributed by atoms with van der Waals surface area (Å²) in [6, 6.07) is 11.2. The Morgan fingerprint density at radius 1 is 0.840 bits per heavy atom. The van der Waals surface area contributed by atoms with Crippen LogP contribution in [0.2, 0.25) is 0 Å². The number of hydrogen-bond donors (Lipinski definition) is 0. The van der Waals surface area contributed by atoms with E-state index in [1.54, 1.807) is 5.56 Å². The van der Waals surface area contributed by atoms with Gasteiger partial charge in [-0.25, -0.2) is 0 Å². The summed E-state index contributed by atoms with van der Waals surface area (Å²) in [6.07, 6.45) is 17.7. The largest absolute Gasteiger partial charge is 0.0654 e. The first-order valence-corrected chi connectivity index (χ1v) is 11.3. The second-order valence-corrected chi connectivity index (χ2v) is 9.26. The molecule has 0 radical (unpaired) electrons. The highest BCUT2D eigenvalue weighted by atomic mass is 14.3. The van der Waals surface area contributed by atoms with E-state index in [-0.39, 0.29) is 0 Å². The van der Waals surface area contributed by atoms with Crippen molar-refractivity contribution in [1.82, 2.24) is 0 Å². The molecule has 0 heterocycles. The van der Waals surface area contributed by atoms with E-state index < -0.39 is 0 Å². The van der Waals surface area contributed by atoms with Gasteiger partial charge in [-0.3, -0.25) is 0 Å². The number of benzene rings is 1. The Bertz CT molecular complexity index is 460. The van der Waals surface area contributed by atoms with E-state index >= 15 is 0 Å². The molecule has 0 N–H and O–H groups in total. The molecule has 0 aromatic heterocycles. The molecule has 0 nitrogen and oxygen atoms in total. The molecule has 1 aromatic rings. The van der Waals surface area contributed by atoms with Gasteiger partial charge < -0.3 is 0 Å². The van der Waals surface area contributed by atoms with Crippen molar-refractivity contribution >= 4 is 0 Å². The molecule has 140 valence electrons. The quantitative estimate of drug-likeness (QED) is 0.472. The molecule has 1 atom stereocenters. The third-order valence-electron chi connectivity index (χ3n) is 7.48. The molecular formula is C25H40. The molecule has 0 bridgehead atoms. The Labute approximate surface area is 156 Å². The molecule has 0 aliphatic heterocycles. The van der Waals surface area contributed by atoms with Gasteiger partial charge in [0.15, 0.2) is 0 Å². The third-order valence-corrected chi connectivity index (χ3v) is 7.48. The fourth-order valence-electron chi connectivity index (χ4n) is 5.71. The summed E-state index contributed by atoms with van der Waals surface area (Å²) in [4.78, 5) is 0. The molecule has 0 amide bonds. The molecule has 1 aromatic carbocycles. The average molecular weight is 341 g/mol. The van der Waals surface area contributed by atoms with Crippen molar-refractivity contribution in [3.05, 3.63) is 35.9 Å². The summed E-state index contributed by atoms with van der Waals surface area (Å²) in [6.45, 7) is 4.90. The van der Waals surface area contributed by atoms with Crippen LogP contribution in [-0.2, 0) is 0 Å². The summed E-state index contributed by atoms with van der Waals surface area (Å²) >= 11 is 0. The molecule has 2 aliphatic rings. The molecule has 3 rings (SSSR count). The Hall–Kier alpha value is -0.780. The normalized spacial score (nSPS) is 31.6. The maximum absolute atomic E-state index is 2.57. The summed E-state index contributed by atoms with van der Waals surface area (Å²) in [5.74, 6) is 4.90. The molecule has 2 saturated carbocycles. The Morgan fingerprint density at radius 3 is 2.12 bits per heavy atom. The SMILES string of the molecule is CCCCC1CCC(C(C)CC2CCC(c3ccccc3)CC2)CC1. The summed E-state index contributed by atoms with van der Waals surface area (Å²) in [7, 11) is 0. The number of rotatable bonds is 7. The summed E-state index contributed by atoms with van der Waals surface area (Å²) in [5, 5.41) is 0. The van der Waals surface area contributed by atoms with E-state index in [1.807, 2.05) is 0 Å². The minimum atomic E-state index is 0.835. The lowest BCUT2D eigenvalue weighted by atomic mass is 9.70. The minimum absolute atomic E-state index is 0.835. The number of hydrogen-bond acceptors (Lipinski definition) is 0. The Kier molecular flexibility index (Phi) is 7.44. The lowest BCUT2D eigenvalue weighted by Crippen LogP contribution is -2.23. The van der Waals surface area contributed by atoms with Crippen LogP contribution >= 0.6 is 0 Å². The molecule has 1 unspecified atom stereocenters. The number of unbranched alkanes of at least 4 members (excludes halogenated alkanes) is 1. The van der Waals surface area contributed by atoms with Crippen molar-refractivity contribution in [2.24, 2.45) is 23.7 Å². The molecular weight excluding hydrogens is 300 g/mol. The standard InChI is InChI=1S/C25H40/c1-3-4-8-21-11-15-23(16-12-21)20(2)19-22-13-17-25(18-14-22)24-9-6-5-7-10-24/h5-7,9-10,20-23,25H,3-4,8,11-19H2,1-2H3. The van der Waals surface area contributed by atoms with Gasteiger partial charge in [0.2, 0.25) is 0 Å². The first-order valence-electron chi connectivity index (χ1n) is 11.3. The van der Waals surface area contributed by atoms with Gasteiger partial charge >= 0.3 is 0 Å². The Balaban J connectivity index is 1.37. The van der Waals surface area contributed by atoms with E-state index in [2.05, 4.69) is 44.2 Å². The molecule has 0 heteroatoms. The maximum atomic E-state index is 2.57. The predicted octanol–water partition coefficient (Wildman–Crippen LogP) is 7.98. The highest BCUT2D eigenvalue weighted by Gasteiger charge is 2.28. The second-order valence-electron chi connectivity index (χ2n) is 9.26. The van der Waals surface area contributed by atoms with Gasteiger partial charge in [0.1, 0.15) is 0 Å². The second kappa shape index (κ2) is 9.79. The Morgan fingerprint density at radius 2 is 1.48 bits per heavy atom. The fourth-order valence-corrected chi connectivity index (χ4v) is 5.71. The van der Waals surface area contributed by atoms with Crippen LogP contribution in [0.25, 0.3) is 0 Å². The van der Waals surface area contributed by atoms with Gasteiger partial charge in [-0.1, -0.05) is 76.3 Å². The van der Waals surface area contributed by atoms with Crippen molar-refractivity contribution in [2.45, 2.75) is 96.8 Å². The lowest BCUT2D eigenvalue weighted by Gasteiger charge is -2.36. The average Bonchev–Trinajstić information content (AvgIpc) is 2.68. The van der Waals surface area contributed by atoms with Gasteiger partial charge in [-0.05, 0) is 80.1 Å². The van der Waals surface area contributed by atoms with Crippen molar-refractivity contribution in [3.63, 3.8) is 0 Å².